The third-order valence-corrected chi connectivity index (χ3v) is 4.82. The second kappa shape index (κ2) is 9.38. The van der Waals surface area contributed by atoms with Crippen LogP contribution in [0.5, 0.6) is 0 Å². The zero-order valence-electron chi connectivity index (χ0n) is 11.2. The SMILES string of the molecule is CCOC(OCC)[SiH2]C(C=C(C)C(=O)O)CC. The Balaban J connectivity index is 4.44. The molecule has 0 amide bonds. The summed E-state index contributed by atoms with van der Waals surface area (Å²) in [6.45, 7) is 8.86. The van der Waals surface area contributed by atoms with E-state index in [1.54, 1.807) is 6.92 Å². The number of hydrogen-bond donors (Lipinski definition) is 1. The fourth-order valence-corrected chi connectivity index (χ4v) is 3.64. The Hall–Kier alpha value is -0.653. The topological polar surface area (TPSA) is 55.8 Å². The lowest BCUT2D eigenvalue weighted by Gasteiger charge is -2.20. The molecular formula is C12H24O4Si. The van der Waals surface area contributed by atoms with Gasteiger partial charge in [-0.2, -0.15) is 0 Å². The van der Waals surface area contributed by atoms with Gasteiger partial charge in [-0.15, -0.1) is 0 Å². The first-order chi connectivity index (χ1) is 8.04. The minimum absolute atomic E-state index is 0.104. The summed E-state index contributed by atoms with van der Waals surface area (Å²) in [6, 6.07) is 0. The predicted octanol–water partition coefficient (Wildman–Crippen LogP) is 1.74. The van der Waals surface area contributed by atoms with Gasteiger partial charge in [-0.1, -0.05) is 19.4 Å². The number of carbonyl (C=O) groups is 1. The van der Waals surface area contributed by atoms with E-state index in [0.29, 0.717) is 24.3 Å². The highest BCUT2D eigenvalue weighted by atomic mass is 28.2. The summed E-state index contributed by atoms with van der Waals surface area (Å²) in [5, 5.41) is 8.85. The van der Waals surface area contributed by atoms with Crippen molar-refractivity contribution in [1.29, 1.82) is 0 Å². The van der Waals surface area contributed by atoms with Gasteiger partial charge >= 0.3 is 5.97 Å². The van der Waals surface area contributed by atoms with Gasteiger partial charge in [0.05, 0.1) is 9.52 Å². The van der Waals surface area contributed by atoms with Crippen LogP contribution in [0.4, 0.5) is 0 Å². The first-order valence-corrected chi connectivity index (χ1v) is 7.83. The maximum Gasteiger partial charge on any atom is 0.330 e. The minimum Gasteiger partial charge on any atom is -0.478 e. The molecule has 1 N–H and O–H groups in total. The summed E-state index contributed by atoms with van der Waals surface area (Å²) < 4.78 is 11.0. The zero-order valence-corrected chi connectivity index (χ0v) is 12.6. The van der Waals surface area contributed by atoms with E-state index in [9.17, 15) is 4.79 Å². The van der Waals surface area contributed by atoms with Crippen molar-refractivity contribution in [3.05, 3.63) is 11.6 Å². The van der Waals surface area contributed by atoms with E-state index in [1.807, 2.05) is 19.9 Å². The van der Waals surface area contributed by atoms with E-state index >= 15 is 0 Å². The number of ether oxygens (including phenoxy) is 2. The van der Waals surface area contributed by atoms with Gasteiger partial charge in [0, 0.05) is 18.8 Å². The van der Waals surface area contributed by atoms with Crippen LogP contribution in [-0.2, 0) is 14.3 Å². The number of carboxylic acids is 1. The van der Waals surface area contributed by atoms with Crippen LogP contribution < -0.4 is 0 Å². The van der Waals surface area contributed by atoms with Gasteiger partial charge < -0.3 is 14.6 Å². The van der Waals surface area contributed by atoms with E-state index in [2.05, 4.69) is 6.92 Å². The average molecular weight is 260 g/mol. The zero-order chi connectivity index (χ0) is 13.3. The molecule has 0 aromatic carbocycles. The van der Waals surface area contributed by atoms with Crippen LogP contribution in [0.15, 0.2) is 11.6 Å². The molecule has 0 radical (unpaired) electrons. The molecule has 0 aromatic heterocycles. The predicted molar refractivity (Wildman–Crippen MR) is 71.0 cm³/mol. The molecule has 1 atom stereocenters. The molecule has 0 bridgehead atoms. The number of hydrogen-bond acceptors (Lipinski definition) is 3. The number of aliphatic carboxylic acids is 1. The molecule has 0 aliphatic rings. The van der Waals surface area contributed by atoms with Crippen molar-refractivity contribution in [1.82, 2.24) is 0 Å². The third-order valence-electron chi connectivity index (χ3n) is 2.55. The van der Waals surface area contributed by atoms with Crippen LogP contribution in [0.3, 0.4) is 0 Å². The molecule has 100 valence electrons. The van der Waals surface area contributed by atoms with Gasteiger partial charge in [-0.25, -0.2) is 4.79 Å². The first kappa shape index (κ1) is 16.3. The van der Waals surface area contributed by atoms with Crippen molar-refractivity contribution in [2.45, 2.75) is 45.6 Å². The molecule has 1 unspecified atom stereocenters. The van der Waals surface area contributed by atoms with Crippen LogP contribution in [-0.4, -0.2) is 39.7 Å². The molecule has 0 saturated heterocycles. The van der Waals surface area contributed by atoms with Crippen molar-refractivity contribution >= 4 is 15.5 Å². The molecule has 0 spiro atoms. The van der Waals surface area contributed by atoms with Gasteiger partial charge in [0.15, 0.2) is 0 Å². The van der Waals surface area contributed by atoms with E-state index in [0.717, 1.165) is 6.42 Å². The summed E-state index contributed by atoms with van der Waals surface area (Å²) in [7, 11) is -0.642. The summed E-state index contributed by atoms with van der Waals surface area (Å²) in [6.07, 6.45) is 2.78. The van der Waals surface area contributed by atoms with Crippen molar-refractivity contribution in [3.8, 4) is 0 Å². The summed E-state index contributed by atoms with van der Waals surface area (Å²) in [5.74, 6) is -0.949. The molecule has 5 heteroatoms. The van der Waals surface area contributed by atoms with Gasteiger partial charge in [0.1, 0.15) is 5.91 Å². The third kappa shape index (κ3) is 7.30. The van der Waals surface area contributed by atoms with E-state index < -0.39 is 15.5 Å². The number of carboxylic acid groups (broad SMARTS) is 1. The Morgan fingerprint density at radius 3 is 2.18 bits per heavy atom. The summed E-state index contributed by atoms with van der Waals surface area (Å²) >= 11 is 0. The highest BCUT2D eigenvalue weighted by Crippen LogP contribution is 2.16. The molecule has 4 nitrogen and oxygen atoms in total. The van der Waals surface area contributed by atoms with Crippen LogP contribution in [0, 0.1) is 0 Å². The van der Waals surface area contributed by atoms with Crippen molar-refractivity contribution in [2.75, 3.05) is 13.2 Å². The Bertz CT molecular complexity index is 247. The van der Waals surface area contributed by atoms with Crippen molar-refractivity contribution < 1.29 is 19.4 Å². The molecule has 0 saturated carbocycles. The molecule has 0 rings (SSSR count). The Morgan fingerprint density at radius 2 is 1.82 bits per heavy atom. The fourth-order valence-electron chi connectivity index (χ4n) is 1.58. The van der Waals surface area contributed by atoms with Crippen LogP contribution in [0.25, 0.3) is 0 Å². The first-order valence-electron chi connectivity index (χ1n) is 6.19. The molecule has 0 heterocycles. The summed E-state index contributed by atoms with van der Waals surface area (Å²) in [5.41, 5.74) is 0.727. The lowest BCUT2D eigenvalue weighted by Crippen LogP contribution is -2.27. The molecule has 0 aliphatic heterocycles. The lowest BCUT2D eigenvalue weighted by molar-refractivity contribution is -0.132. The van der Waals surface area contributed by atoms with Gasteiger partial charge in [0.25, 0.3) is 0 Å². The second-order valence-electron chi connectivity index (χ2n) is 3.90. The van der Waals surface area contributed by atoms with E-state index in [-0.39, 0.29) is 5.91 Å². The van der Waals surface area contributed by atoms with Crippen LogP contribution in [0.1, 0.15) is 34.1 Å². The quantitative estimate of drug-likeness (QED) is 0.390. The van der Waals surface area contributed by atoms with E-state index in [4.69, 9.17) is 14.6 Å². The van der Waals surface area contributed by atoms with Crippen LogP contribution >= 0.6 is 0 Å². The molecule has 0 fully saturated rings. The Morgan fingerprint density at radius 1 is 1.29 bits per heavy atom. The molecular weight excluding hydrogens is 236 g/mol. The van der Waals surface area contributed by atoms with Crippen molar-refractivity contribution in [3.63, 3.8) is 0 Å². The number of rotatable bonds is 9. The average Bonchev–Trinajstić information content (AvgIpc) is 2.28. The van der Waals surface area contributed by atoms with Gasteiger partial charge in [-0.3, -0.25) is 0 Å². The highest BCUT2D eigenvalue weighted by molar-refractivity contribution is 6.39. The highest BCUT2D eigenvalue weighted by Gasteiger charge is 2.16. The monoisotopic (exact) mass is 260 g/mol. The van der Waals surface area contributed by atoms with Crippen LogP contribution in [0.2, 0.25) is 5.54 Å². The maximum absolute atomic E-state index is 10.8. The fraction of sp³-hybridized carbons (Fsp3) is 0.750. The standard InChI is InChI=1S/C12H24O4Si/c1-5-10(8-9(4)11(13)14)17-12(15-6-2)16-7-3/h8,10,12H,5-7,17H2,1-4H3,(H,13,14). The minimum atomic E-state index is -0.846. The normalized spacial score (nSPS) is 14.8. The Labute approximate surface area is 106 Å². The lowest BCUT2D eigenvalue weighted by atomic mass is 10.2. The number of allylic oxidation sites excluding steroid dienone is 1. The van der Waals surface area contributed by atoms with Gasteiger partial charge in [0.2, 0.25) is 0 Å². The molecule has 0 aromatic rings. The van der Waals surface area contributed by atoms with E-state index in [1.165, 1.54) is 0 Å². The maximum atomic E-state index is 10.8. The summed E-state index contributed by atoms with van der Waals surface area (Å²) in [4.78, 5) is 10.8. The second-order valence-corrected chi connectivity index (χ2v) is 6.09. The largest absolute Gasteiger partial charge is 0.478 e. The Kier molecular flexibility index (Phi) is 9.02. The van der Waals surface area contributed by atoms with Crippen molar-refractivity contribution in [2.24, 2.45) is 0 Å². The molecule has 17 heavy (non-hydrogen) atoms. The molecule has 0 aliphatic carbocycles. The smallest absolute Gasteiger partial charge is 0.330 e. The van der Waals surface area contributed by atoms with Gasteiger partial charge in [-0.05, 0) is 26.3 Å².